The fourth-order valence-corrected chi connectivity index (χ4v) is 2.91. The van der Waals surface area contributed by atoms with Gasteiger partial charge in [0, 0.05) is 24.7 Å². The average Bonchev–Trinajstić information content (AvgIpc) is 2.58. The molecule has 0 aromatic heterocycles. The summed E-state index contributed by atoms with van der Waals surface area (Å²) >= 11 is 0. The van der Waals surface area contributed by atoms with E-state index in [1.165, 1.54) is 11.1 Å². The summed E-state index contributed by atoms with van der Waals surface area (Å²) in [5, 5.41) is 7.52. The molecule has 0 radical (unpaired) electrons. The lowest BCUT2D eigenvalue weighted by molar-refractivity contribution is 0.238. The maximum atomic E-state index is 3.82. The van der Waals surface area contributed by atoms with E-state index >= 15 is 0 Å². The molecule has 0 bridgehead atoms. The van der Waals surface area contributed by atoms with E-state index in [-0.39, 0.29) is 5.41 Å². The van der Waals surface area contributed by atoms with Crippen LogP contribution in [0.4, 0.5) is 0 Å². The van der Waals surface area contributed by atoms with Crippen LogP contribution in [0.5, 0.6) is 0 Å². The third-order valence-electron chi connectivity index (χ3n) is 4.72. The Kier molecular flexibility index (Phi) is 6.59. The van der Waals surface area contributed by atoms with Crippen LogP contribution in [-0.2, 0) is 0 Å². The van der Waals surface area contributed by atoms with E-state index in [4.69, 9.17) is 0 Å². The van der Waals surface area contributed by atoms with Crippen molar-refractivity contribution in [2.24, 2.45) is 5.41 Å². The van der Waals surface area contributed by atoms with Gasteiger partial charge in [0.15, 0.2) is 0 Å². The monoisotopic (exact) mass is 324 g/mol. The van der Waals surface area contributed by atoms with Crippen LogP contribution in [0.1, 0.15) is 57.8 Å². The van der Waals surface area contributed by atoms with Gasteiger partial charge in [0.1, 0.15) is 0 Å². The Morgan fingerprint density at radius 2 is 1.21 bits per heavy atom. The predicted octanol–water partition coefficient (Wildman–Crippen LogP) is 5.10. The maximum absolute atomic E-state index is 3.82. The van der Waals surface area contributed by atoms with E-state index in [1.54, 1.807) is 0 Å². The van der Waals surface area contributed by atoms with E-state index in [2.05, 4.69) is 106 Å². The Bertz CT molecular complexity index is 586. The van der Waals surface area contributed by atoms with Crippen LogP contribution in [0.2, 0.25) is 0 Å². The lowest BCUT2D eigenvalue weighted by Gasteiger charge is -2.35. The van der Waals surface area contributed by atoms with Crippen molar-refractivity contribution in [3.05, 3.63) is 71.8 Å². The molecular formula is C22H32N2. The quantitative estimate of drug-likeness (QED) is 0.740. The first kappa shape index (κ1) is 18.7. The van der Waals surface area contributed by atoms with Crippen LogP contribution in [0.15, 0.2) is 60.7 Å². The Hall–Kier alpha value is -1.64. The summed E-state index contributed by atoms with van der Waals surface area (Å²) in [5.41, 5.74) is 2.86. The normalized spacial score (nSPS) is 15.7. The van der Waals surface area contributed by atoms with Gasteiger partial charge in [0.2, 0.25) is 0 Å². The van der Waals surface area contributed by atoms with Crippen molar-refractivity contribution in [2.45, 2.75) is 52.7 Å². The maximum Gasteiger partial charge on any atom is 0.0295 e. The van der Waals surface area contributed by atoms with Gasteiger partial charge in [0.25, 0.3) is 0 Å². The van der Waals surface area contributed by atoms with Crippen molar-refractivity contribution in [3.8, 4) is 0 Å². The van der Waals surface area contributed by atoms with E-state index in [0.717, 1.165) is 6.54 Å². The SMILES string of the molecule is C[C@H](NC[C@H](N[C@@H](C)c1ccccc1)C(C)(C)C)c1ccccc1. The van der Waals surface area contributed by atoms with Crippen LogP contribution in [0, 0.1) is 5.41 Å². The number of hydrogen-bond acceptors (Lipinski definition) is 2. The summed E-state index contributed by atoms with van der Waals surface area (Å²) in [5.74, 6) is 0. The molecule has 2 nitrogen and oxygen atoms in total. The van der Waals surface area contributed by atoms with Gasteiger partial charge < -0.3 is 10.6 Å². The van der Waals surface area contributed by atoms with Gasteiger partial charge in [-0.05, 0) is 30.4 Å². The zero-order chi connectivity index (χ0) is 17.6. The van der Waals surface area contributed by atoms with E-state index in [1.807, 2.05) is 0 Å². The first-order valence-corrected chi connectivity index (χ1v) is 8.97. The number of benzene rings is 2. The van der Waals surface area contributed by atoms with Gasteiger partial charge in [-0.15, -0.1) is 0 Å². The Morgan fingerprint density at radius 1 is 0.750 bits per heavy atom. The van der Waals surface area contributed by atoms with Crippen molar-refractivity contribution < 1.29 is 0 Å². The van der Waals surface area contributed by atoms with Gasteiger partial charge in [0.05, 0.1) is 0 Å². The van der Waals surface area contributed by atoms with E-state index in [9.17, 15) is 0 Å². The van der Waals surface area contributed by atoms with Gasteiger partial charge in [-0.2, -0.15) is 0 Å². The third kappa shape index (κ3) is 5.47. The zero-order valence-corrected chi connectivity index (χ0v) is 15.7. The second-order valence-electron chi connectivity index (χ2n) is 7.76. The molecule has 0 fully saturated rings. The van der Waals surface area contributed by atoms with Gasteiger partial charge >= 0.3 is 0 Å². The largest absolute Gasteiger partial charge is 0.309 e. The summed E-state index contributed by atoms with van der Waals surface area (Å²) in [7, 11) is 0. The fraction of sp³-hybridized carbons (Fsp3) is 0.455. The van der Waals surface area contributed by atoms with Gasteiger partial charge in [-0.25, -0.2) is 0 Å². The van der Waals surface area contributed by atoms with Crippen LogP contribution < -0.4 is 10.6 Å². The highest BCUT2D eigenvalue weighted by Gasteiger charge is 2.26. The molecule has 0 spiro atoms. The van der Waals surface area contributed by atoms with Crippen LogP contribution in [0.3, 0.4) is 0 Å². The Balaban J connectivity index is 1.99. The lowest BCUT2D eigenvalue weighted by atomic mass is 9.85. The van der Waals surface area contributed by atoms with Crippen LogP contribution in [0.25, 0.3) is 0 Å². The number of nitrogens with one attached hydrogen (secondary N) is 2. The summed E-state index contributed by atoms with van der Waals surface area (Å²) in [4.78, 5) is 0. The highest BCUT2D eigenvalue weighted by atomic mass is 15.0. The molecule has 0 aliphatic rings. The molecule has 130 valence electrons. The molecule has 2 aromatic carbocycles. The molecule has 24 heavy (non-hydrogen) atoms. The second-order valence-corrected chi connectivity index (χ2v) is 7.76. The van der Waals surface area contributed by atoms with E-state index < -0.39 is 0 Å². The molecule has 0 unspecified atom stereocenters. The summed E-state index contributed by atoms with van der Waals surface area (Å²) in [6.45, 7) is 12.3. The predicted molar refractivity (Wildman–Crippen MR) is 104 cm³/mol. The standard InChI is InChI=1S/C22H32N2/c1-17(19-12-8-6-9-13-19)23-16-21(22(3,4)5)24-18(2)20-14-10-7-11-15-20/h6-15,17-18,21,23-24H,16H2,1-5H3/t17-,18-,21-/m0/s1. The van der Waals surface area contributed by atoms with Crippen LogP contribution >= 0.6 is 0 Å². The Labute approximate surface area is 147 Å². The average molecular weight is 325 g/mol. The van der Waals surface area contributed by atoms with Crippen LogP contribution in [-0.4, -0.2) is 12.6 Å². The van der Waals surface area contributed by atoms with Crippen molar-refractivity contribution in [1.82, 2.24) is 10.6 Å². The molecule has 2 heteroatoms. The minimum atomic E-state index is 0.187. The first-order valence-electron chi connectivity index (χ1n) is 8.97. The molecule has 0 amide bonds. The Morgan fingerprint density at radius 3 is 1.67 bits per heavy atom. The molecule has 2 rings (SSSR count). The van der Waals surface area contributed by atoms with Gasteiger partial charge in [-0.1, -0.05) is 81.4 Å². The zero-order valence-electron chi connectivity index (χ0n) is 15.7. The summed E-state index contributed by atoms with van der Waals surface area (Å²) in [6, 6.07) is 22.4. The molecule has 0 aliphatic heterocycles. The molecule has 2 aromatic rings. The van der Waals surface area contributed by atoms with Crippen molar-refractivity contribution in [2.75, 3.05) is 6.54 Å². The third-order valence-corrected chi connectivity index (χ3v) is 4.72. The molecular weight excluding hydrogens is 292 g/mol. The smallest absolute Gasteiger partial charge is 0.0295 e. The first-order chi connectivity index (χ1) is 11.4. The number of rotatable bonds is 7. The molecule has 3 atom stereocenters. The molecule has 0 saturated carbocycles. The molecule has 2 N–H and O–H groups in total. The minimum absolute atomic E-state index is 0.187. The highest BCUT2D eigenvalue weighted by Crippen LogP contribution is 2.23. The van der Waals surface area contributed by atoms with Crippen molar-refractivity contribution >= 4 is 0 Å². The van der Waals surface area contributed by atoms with E-state index in [0.29, 0.717) is 18.1 Å². The molecule has 0 saturated heterocycles. The topological polar surface area (TPSA) is 24.1 Å². The minimum Gasteiger partial charge on any atom is -0.309 e. The number of hydrogen-bond donors (Lipinski definition) is 2. The summed E-state index contributed by atoms with van der Waals surface area (Å²) < 4.78 is 0. The lowest BCUT2D eigenvalue weighted by Crippen LogP contribution is -2.48. The highest BCUT2D eigenvalue weighted by molar-refractivity contribution is 5.19. The molecule has 0 heterocycles. The molecule has 0 aliphatic carbocycles. The van der Waals surface area contributed by atoms with Gasteiger partial charge in [-0.3, -0.25) is 0 Å². The fourth-order valence-electron chi connectivity index (χ4n) is 2.91. The summed E-state index contributed by atoms with van der Waals surface area (Å²) in [6.07, 6.45) is 0. The second kappa shape index (κ2) is 8.46. The van der Waals surface area contributed by atoms with Crippen molar-refractivity contribution in [1.29, 1.82) is 0 Å². The van der Waals surface area contributed by atoms with Crippen molar-refractivity contribution in [3.63, 3.8) is 0 Å².